The molecule has 6 nitrogen and oxygen atoms in total. The number of aromatic nitrogens is 2. The zero-order chi connectivity index (χ0) is 16.4. The molecule has 1 aromatic heterocycles. The smallest absolute Gasteiger partial charge is 0.400 e. The molecule has 1 aromatic rings. The zero-order valence-corrected chi connectivity index (χ0v) is 13.7. The van der Waals surface area contributed by atoms with Crippen molar-refractivity contribution in [3.05, 3.63) is 29.3 Å². The number of hydrogen-bond acceptors (Lipinski definition) is 6. The van der Waals surface area contributed by atoms with E-state index in [1.54, 1.807) is 12.4 Å². The van der Waals surface area contributed by atoms with Gasteiger partial charge in [-0.3, -0.25) is 0 Å². The molecule has 2 rings (SSSR count). The summed E-state index contributed by atoms with van der Waals surface area (Å²) in [7, 11) is 1.45. The predicted octanol–water partition coefficient (Wildman–Crippen LogP) is 1.58. The first-order valence-corrected chi connectivity index (χ1v) is 7.22. The highest BCUT2D eigenvalue weighted by Gasteiger charge is 2.52. The molecule has 0 atom stereocenters. The van der Waals surface area contributed by atoms with Gasteiger partial charge in [-0.1, -0.05) is 6.08 Å². The molecule has 0 amide bonds. The van der Waals surface area contributed by atoms with Crippen molar-refractivity contribution < 1.29 is 9.31 Å². The highest BCUT2D eigenvalue weighted by atomic mass is 16.7. The molecule has 0 radical (unpaired) electrons. The van der Waals surface area contributed by atoms with E-state index < -0.39 is 7.12 Å². The fraction of sp³-hybridized carbons (Fsp3) is 0.533. The molecule has 116 valence electrons. The minimum absolute atomic E-state index is 0.156. The van der Waals surface area contributed by atoms with E-state index in [4.69, 9.17) is 14.6 Å². The number of hydrogen-bond donors (Lipinski definition) is 1. The topological polar surface area (TPSA) is 80.1 Å². The van der Waals surface area contributed by atoms with Crippen LogP contribution in [-0.4, -0.2) is 41.9 Å². The predicted molar refractivity (Wildman–Crippen MR) is 84.7 cm³/mol. The molecule has 1 N–H and O–H groups in total. The Morgan fingerprint density at radius 1 is 1.27 bits per heavy atom. The summed E-state index contributed by atoms with van der Waals surface area (Å²) in [5, 5.41) is 11.9. The van der Waals surface area contributed by atoms with Crippen molar-refractivity contribution in [3.8, 4) is 6.07 Å². The standard InChI is InChI=1S/C15H21BN4O2/c1-14(2)15(3,4)22-16(21-14)12(10-18-5)6-11-8-19-13(7-17)20-9-11/h6,8-9,18H,10H2,1-5H3. The van der Waals surface area contributed by atoms with Gasteiger partial charge < -0.3 is 14.6 Å². The average molecular weight is 300 g/mol. The highest BCUT2D eigenvalue weighted by molar-refractivity contribution is 6.55. The Bertz CT molecular complexity index is 589. The van der Waals surface area contributed by atoms with Crippen LogP contribution in [0.1, 0.15) is 39.1 Å². The van der Waals surface area contributed by atoms with Crippen LogP contribution in [0.5, 0.6) is 0 Å². The lowest BCUT2D eigenvalue weighted by Crippen LogP contribution is -2.41. The quantitative estimate of drug-likeness (QED) is 0.850. The summed E-state index contributed by atoms with van der Waals surface area (Å²) in [5.41, 5.74) is 0.991. The SMILES string of the molecule is CNCC(=Cc1cnc(C#N)nc1)B1OC(C)(C)C(C)(C)O1. The zero-order valence-electron chi connectivity index (χ0n) is 13.7. The van der Waals surface area contributed by atoms with Crippen LogP contribution >= 0.6 is 0 Å². The minimum atomic E-state index is -0.423. The third-order valence-electron chi connectivity index (χ3n) is 4.06. The maximum atomic E-state index is 8.74. The Morgan fingerprint density at radius 2 is 1.82 bits per heavy atom. The van der Waals surface area contributed by atoms with Gasteiger partial charge in [0.15, 0.2) is 0 Å². The van der Waals surface area contributed by atoms with Gasteiger partial charge in [-0.15, -0.1) is 0 Å². The van der Waals surface area contributed by atoms with Gasteiger partial charge in [0.1, 0.15) is 6.07 Å². The lowest BCUT2D eigenvalue weighted by atomic mass is 9.77. The van der Waals surface area contributed by atoms with Crippen LogP contribution in [0.3, 0.4) is 0 Å². The number of likely N-dealkylation sites (N-methyl/N-ethyl adjacent to an activating group) is 1. The number of nitrogens with zero attached hydrogens (tertiary/aromatic N) is 3. The monoisotopic (exact) mass is 300 g/mol. The minimum Gasteiger partial charge on any atom is -0.400 e. The summed E-state index contributed by atoms with van der Waals surface area (Å²) in [4.78, 5) is 7.95. The summed E-state index contributed by atoms with van der Waals surface area (Å²) >= 11 is 0. The molecule has 2 heterocycles. The van der Waals surface area contributed by atoms with Crippen molar-refractivity contribution in [3.63, 3.8) is 0 Å². The summed E-state index contributed by atoms with van der Waals surface area (Å²) in [6.45, 7) is 8.71. The van der Waals surface area contributed by atoms with Crippen LogP contribution in [0.2, 0.25) is 0 Å². The fourth-order valence-corrected chi connectivity index (χ4v) is 2.09. The molecular formula is C15H21BN4O2. The molecule has 0 aromatic carbocycles. The lowest BCUT2D eigenvalue weighted by Gasteiger charge is -2.32. The molecule has 1 aliphatic heterocycles. The van der Waals surface area contributed by atoms with E-state index in [9.17, 15) is 0 Å². The van der Waals surface area contributed by atoms with E-state index in [0.29, 0.717) is 6.54 Å². The van der Waals surface area contributed by atoms with Gasteiger partial charge in [-0.2, -0.15) is 5.26 Å². The lowest BCUT2D eigenvalue weighted by molar-refractivity contribution is 0.00578. The summed E-state index contributed by atoms with van der Waals surface area (Å²) in [5.74, 6) is 0.156. The van der Waals surface area contributed by atoms with Crippen LogP contribution in [0.25, 0.3) is 6.08 Å². The first-order valence-electron chi connectivity index (χ1n) is 7.22. The van der Waals surface area contributed by atoms with Crippen LogP contribution in [0, 0.1) is 11.3 Å². The van der Waals surface area contributed by atoms with E-state index in [2.05, 4.69) is 15.3 Å². The van der Waals surface area contributed by atoms with Gasteiger partial charge in [0, 0.05) is 24.5 Å². The first-order chi connectivity index (χ1) is 10.3. The molecule has 0 unspecified atom stereocenters. The van der Waals surface area contributed by atoms with Gasteiger partial charge in [-0.05, 0) is 40.2 Å². The van der Waals surface area contributed by atoms with Crippen molar-refractivity contribution in [2.24, 2.45) is 0 Å². The maximum Gasteiger partial charge on any atom is 0.491 e. The summed E-state index contributed by atoms with van der Waals surface area (Å²) < 4.78 is 12.1. The Kier molecular flexibility index (Phi) is 4.66. The summed E-state index contributed by atoms with van der Waals surface area (Å²) in [6, 6.07) is 1.90. The van der Waals surface area contributed by atoms with Crippen molar-refractivity contribution >= 4 is 13.2 Å². The highest BCUT2D eigenvalue weighted by Crippen LogP contribution is 2.38. The Hall–Kier alpha value is -1.75. The largest absolute Gasteiger partial charge is 0.491 e. The Morgan fingerprint density at radius 3 is 2.27 bits per heavy atom. The molecule has 0 spiro atoms. The maximum absolute atomic E-state index is 8.74. The van der Waals surface area contributed by atoms with E-state index in [1.807, 2.05) is 46.9 Å². The van der Waals surface area contributed by atoms with Gasteiger partial charge in [0.25, 0.3) is 0 Å². The molecule has 1 fully saturated rings. The van der Waals surface area contributed by atoms with E-state index in [-0.39, 0.29) is 17.0 Å². The van der Waals surface area contributed by atoms with Crippen molar-refractivity contribution in [2.75, 3.05) is 13.6 Å². The molecule has 1 aliphatic rings. The second-order valence-electron chi connectivity index (χ2n) is 6.29. The van der Waals surface area contributed by atoms with Crippen LogP contribution in [-0.2, 0) is 9.31 Å². The van der Waals surface area contributed by atoms with Crippen LogP contribution in [0.4, 0.5) is 0 Å². The first kappa shape index (κ1) is 16.6. The normalized spacial score (nSPS) is 20.0. The third-order valence-corrected chi connectivity index (χ3v) is 4.06. The second-order valence-corrected chi connectivity index (χ2v) is 6.29. The average Bonchev–Trinajstić information content (AvgIpc) is 2.68. The number of nitriles is 1. The number of nitrogens with one attached hydrogen (secondary N) is 1. The van der Waals surface area contributed by atoms with Gasteiger partial charge in [0.2, 0.25) is 5.82 Å². The Labute approximate surface area is 131 Å². The van der Waals surface area contributed by atoms with Crippen molar-refractivity contribution in [1.82, 2.24) is 15.3 Å². The number of rotatable bonds is 4. The second kappa shape index (κ2) is 6.17. The summed E-state index contributed by atoms with van der Waals surface area (Å²) in [6.07, 6.45) is 5.17. The molecule has 1 saturated heterocycles. The van der Waals surface area contributed by atoms with E-state index >= 15 is 0 Å². The molecule has 0 saturated carbocycles. The van der Waals surface area contributed by atoms with Crippen LogP contribution in [0.15, 0.2) is 17.9 Å². The Balaban J connectivity index is 2.27. The third kappa shape index (κ3) is 3.35. The van der Waals surface area contributed by atoms with E-state index in [1.165, 1.54) is 0 Å². The van der Waals surface area contributed by atoms with Gasteiger partial charge in [-0.25, -0.2) is 9.97 Å². The van der Waals surface area contributed by atoms with Crippen molar-refractivity contribution in [1.29, 1.82) is 5.26 Å². The van der Waals surface area contributed by atoms with E-state index in [0.717, 1.165) is 11.0 Å². The molecule has 7 heteroatoms. The van der Waals surface area contributed by atoms with Gasteiger partial charge in [0.05, 0.1) is 11.2 Å². The van der Waals surface area contributed by atoms with Crippen molar-refractivity contribution in [2.45, 2.75) is 38.9 Å². The van der Waals surface area contributed by atoms with Gasteiger partial charge >= 0.3 is 7.12 Å². The molecule has 0 bridgehead atoms. The fourth-order valence-electron chi connectivity index (χ4n) is 2.09. The molecule has 0 aliphatic carbocycles. The molecular weight excluding hydrogens is 279 g/mol. The van der Waals surface area contributed by atoms with Crippen LogP contribution < -0.4 is 5.32 Å². The molecule has 22 heavy (non-hydrogen) atoms.